The first-order valence-corrected chi connectivity index (χ1v) is 7.01. The molecule has 0 saturated carbocycles. The molecular weight excluding hydrogens is 272 g/mol. The van der Waals surface area contributed by atoms with Crippen LogP contribution in [0, 0.1) is 6.92 Å². The molecule has 21 heavy (non-hydrogen) atoms. The van der Waals surface area contributed by atoms with E-state index >= 15 is 0 Å². The molecule has 1 fully saturated rings. The second-order valence-electron chi connectivity index (χ2n) is 5.02. The van der Waals surface area contributed by atoms with E-state index in [-0.39, 0.29) is 13.2 Å². The van der Waals surface area contributed by atoms with Crippen LogP contribution in [-0.2, 0) is 16.0 Å². The van der Waals surface area contributed by atoms with Crippen molar-refractivity contribution >= 4 is 17.7 Å². The average molecular weight is 292 g/mol. The predicted molar refractivity (Wildman–Crippen MR) is 78.5 cm³/mol. The van der Waals surface area contributed by atoms with Gasteiger partial charge in [0.05, 0.1) is 13.2 Å². The number of nitrogens with zero attached hydrogens (tertiary/aromatic N) is 1. The molecule has 2 N–H and O–H groups in total. The number of carbonyl (C=O) groups is 2. The van der Waals surface area contributed by atoms with Crippen LogP contribution in [0.1, 0.15) is 18.1 Å². The third-order valence-electron chi connectivity index (χ3n) is 3.65. The Morgan fingerprint density at radius 1 is 1.48 bits per heavy atom. The van der Waals surface area contributed by atoms with Gasteiger partial charge in [-0.3, -0.25) is 0 Å². The topological polar surface area (TPSA) is 78.9 Å². The Kier molecular flexibility index (Phi) is 4.80. The number of nitrogens with one attached hydrogen (secondary N) is 1. The number of aliphatic carboxylic acids is 1. The summed E-state index contributed by atoms with van der Waals surface area (Å²) >= 11 is 0. The molecule has 0 radical (unpaired) electrons. The van der Waals surface area contributed by atoms with Gasteiger partial charge in [0.1, 0.15) is 0 Å². The number of carboxylic acid groups (broad SMARTS) is 1. The first-order valence-electron chi connectivity index (χ1n) is 7.01. The molecule has 0 aliphatic carbocycles. The van der Waals surface area contributed by atoms with Crippen molar-refractivity contribution < 1.29 is 19.4 Å². The molecule has 1 heterocycles. The summed E-state index contributed by atoms with van der Waals surface area (Å²) in [5.74, 6) is -1.05. The lowest BCUT2D eigenvalue weighted by Crippen LogP contribution is -2.54. The van der Waals surface area contributed by atoms with Crippen molar-refractivity contribution in [2.45, 2.75) is 26.3 Å². The van der Waals surface area contributed by atoms with Crippen LogP contribution < -0.4 is 5.32 Å². The molecule has 0 bridgehead atoms. The summed E-state index contributed by atoms with van der Waals surface area (Å²) in [6.07, 6.45) is 0.794. The predicted octanol–water partition coefficient (Wildman–Crippen LogP) is 1.87. The van der Waals surface area contributed by atoms with Gasteiger partial charge in [0.25, 0.3) is 0 Å². The molecule has 1 aromatic rings. The number of hydrogen-bond donors (Lipinski definition) is 2. The summed E-state index contributed by atoms with van der Waals surface area (Å²) in [5.41, 5.74) is 2.76. The number of amides is 2. The quantitative estimate of drug-likeness (QED) is 0.891. The summed E-state index contributed by atoms with van der Waals surface area (Å²) in [5, 5.41) is 12.0. The summed E-state index contributed by atoms with van der Waals surface area (Å²) in [4.78, 5) is 24.9. The van der Waals surface area contributed by atoms with Crippen molar-refractivity contribution in [3.63, 3.8) is 0 Å². The molecule has 2 rings (SSSR count). The summed E-state index contributed by atoms with van der Waals surface area (Å²) in [6, 6.07) is 4.49. The zero-order valence-electron chi connectivity index (χ0n) is 12.3. The van der Waals surface area contributed by atoms with Crippen LogP contribution in [-0.4, -0.2) is 47.8 Å². The van der Waals surface area contributed by atoms with Gasteiger partial charge in [0.15, 0.2) is 6.04 Å². The van der Waals surface area contributed by atoms with Crippen LogP contribution in [0.15, 0.2) is 18.2 Å². The second kappa shape index (κ2) is 6.58. The standard InChI is InChI=1S/C15H20N2O4/c1-3-11-6-4-5-10(2)13(11)16-15(20)17-7-8-21-9-12(17)14(18)19/h4-6,12H,3,7-9H2,1-2H3,(H,16,20)(H,18,19). The van der Waals surface area contributed by atoms with Crippen LogP contribution in [0.2, 0.25) is 0 Å². The van der Waals surface area contributed by atoms with Crippen molar-refractivity contribution in [3.8, 4) is 0 Å². The number of rotatable bonds is 3. The molecule has 1 saturated heterocycles. The highest BCUT2D eigenvalue weighted by Crippen LogP contribution is 2.22. The van der Waals surface area contributed by atoms with Gasteiger partial charge in [-0.2, -0.15) is 0 Å². The van der Waals surface area contributed by atoms with Crippen LogP contribution in [0.4, 0.5) is 10.5 Å². The molecule has 114 valence electrons. The number of morpholine rings is 1. The minimum atomic E-state index is -1.05. The van der Waals surface area contributed by atoms with Gasteiger partial charge < -0.3 is 20.1 Å². The number of hydrogen-bond acceptors (Lipinski definition) is 3. The number of benzene rings is 1. The molecular formula is C15H20N2O4. The van der Waals surface area contributed by atoms with Crippen LogP contribution >= 0.6 is 0 Å². The third kappa shape index (κ3) is 3.33. The minimum absolute atomic E-state index is 0.0250. The second-order valence-corrected chi connectivity index (χ2v) is 5.02. The number of ether oxygens (including phenoxy) is 1. The van der Waals surface area contributed by atoms with Crippen molar-refractivity contribution in [1.82, 2.24) is 4.90 Å². The lowest BCUT2D eigenvalue weighted by molar-refractivity contribution is -0.147. The zero-order chi connectivity index (χ0) is 15.4. The monoisotopic (exact) mass is 292 g/mol. The Labute approximate surface area is 123 Å². The van der Waals surface area contributed by atoms with E-state index in [1.807, 2.05) is 32.0 Å². The number of carbonyl (C=O) groups excluding carboxylic acids is 1. The molecule has 1 unspecified atom stereocenters. The SMILES string of the molecule is CCc1cccc(C)c1NC(=O)N1CCOCC1C(=O)O. The highest BCUT2D eigenvalue weighted by molar-refractivity contribution is 5.93. The fourth-order valence-electron chi connectivity index (χ4n) is 2.43. The number of aryl methyl sites for hydroxylation is 2. The van der Waals surface area contributed by atoms with Gasteiger partial charge in [-0.05, 0) is 24.5 Å². The number of anilines is 1. The van der Waals surface area contributed by atoms with E-state index < -0.39 is 18.0 Å². The lowest BCUT2D eigenvalue weighted by Gasteiger charge is -2.33. The molecule has 6 nitrogen and oxygen atoms in total. The summed E-state index contributed by atoms with van der Waals surface area (Å²) in [6.45, 7) is 4.58. The Morgan fingerprint density at radius 3 is 2.90 bits per heavy atom. The van der Waals surface area contributed by atoms with Gasteiger partial charge in [0, 0.05) is 12.2 Å². The molecule has 0 spiro atoms. The third-order valence-corrected chi connectivity index (χ3v) is 3.65. The van der Waals surface area contributed by atoms with Gasteiger partial charge in [-0.1, -0.05) is 25.1 Å². The highest BCUT2D eigenvalue weighted by Gasteiger charge is 2.33. The van der Waals surface area contributed by atoms with Gasteiger partial charge in [-0.15, -0.1) is 0 Å². The number of urea groups is 1. The van der Waals surface area contributed by atoms with Gasteiger partial charge in [0.2, 0.25) is 0 Å². The van der Waals surface area contributed by atoms with Crippen molar-refractivity contribution in [2.75, 3.05) is 25.1 Å². The maximum atomic E-state index is 12.4. The normalized spacial score (nSPS) is 18.4. The Bertz CT molecular complexity index is 544. The summed E-state index contributed by atoms with van der Waals surface area (Å²) in [7, 11) is 0. The van der Waals surface area contributed by atoms with Crippen molar-refractivity contribution in [1.29, 1.82) is 0 Å². The number of para-hydroxylation sites is 1. The first-order chi connectivity index (χ1) is 10.0. The Balaban J connectivity index is 2.19. The summed E-state index contributed by atoms with van der Waals surface area (Å²) < 4.78 is 5.14. The molecule has 1 aliphatic heterocycles. The Hall–Kier alpha value is -2.08. The Morgan fingerprint density at radius 2 is 2.24 bits per heavy atom. The molecule has 1 atom stereocenters. The van der Waals surface area contributed by atoms with E-state index in [0.717, 1.165) is 23.2 Å². The smallest absolute Gasteiger partial charge is 0.328 e. The molecule has 2 amide bonds. The van der Waals surface area contributed by atoms with Crippen LogP contribution in [0.25, 0.3) is 0 Å². The fraction of sp³-hybridized carbons (Fsp3) is 0.467. The zero-order valence-corrected chi connectivity index (χ0v) is 12.3. The minimum Gasteiger partial charge on any atom is -0.480 e. The van der Waals surface area contributed by atoms with E-state index in [0.29, 0.717) is 6.61 Å². The van der Waals surface area contributed by atoms with E-state index in [2.05, 4.69) is 5.32 Å². The fourth-order valence-corrected chi connectivity index (χ4v) is 2.43. The lowest BCUT2D eigenvalue weighted by atomic mass is 10.1. The van der Waals surface area contributed by atoms with Gasteiger partial charge in [-0.25, -0.2) is 9.59 Å². The maximum Gasteiger partial charge on any atom is 0.328 e. The molecule has 0 aromatic heterocycles. The van der Waals surface area contributed by atoms with E-state index in [4.69, 9.17) is 4.74 Å². The van der Waals surface area contributed by atoms with Crippen molar-refractivity contribution in [3.05, 3.63) is 29.3 Å². The van der Waals surface area contributed by atoms with E-state index in [1.165, 1.54) is 4.90 Å². The largest absolute Gasteiger partial charge is 0.480 e. The molecule has 1 aromatic carbocycles. The average Bonchev–Trinajstić information content (AvgIpc) is 2.49. The van der Waals surface area contributed by atoms with E-state index in [1.54, 1.807) is 0 Å². The number of carboxylic acids is 1. The van der Waals surface area contributed by atoms with Crippen LogP contribution in [0.5, 0.6) is 0 Å². The van der Waals surface area contributed by atoms with E-state index in [9.17, 15) is 14.7 Å². The van der Waals surface area contributed by atoms with Crippen LogP contribution in [0.3, 0.4) is 0 Å². The molecule has 1 aliphatic rings. The highest BCUT2D eigenvalue weighted by atomic mass is 16.5. The maximum absolute atomic E-state index is 12.4. The molecule has 6 heteroatoms. The van der Waals surface area contributed by atoms with Crippen molar-refractivity contribution in [2.24, 2.45) is 0 Å². The van der Waals surface area contributed by atoms with Gasteiger partial charge >= 0.3 is 12.0 Å². The first kappa shape index (κ1) is 15.3.